The van der Waals surface area contributed by atoms with Gasteiger partial charge in [-0.1, -0.05) is 31.4 Å². The van der Waals surface area contributed by atoms with E-state index < -0.39 is 6.10 Å². The molecular formula is C21H33NO3. The van der Waals surface area contributed by atoms with Gasteiger partial charge in [0.1, 0.15) is 18.5 Å². The van der Waals surface area contributed by atoms with Crippen LogP contribution in [-0.4, -0.2) is 54.6 Å². The van der Waals surface area contributed by atoms with Crippen LogP contribution in [0.4, 0.5) is 0 Å². The number of aliphatic hydroxyl groups is 1. The average Bonchev–Trinajstić information content (AvgIpc) is 2.60. The Kier molecular flexibility index (Phi) is 6.74. The first-order valence-electron chi connectivity index (χ1n) is 9.89. The van der Waals surface area contributed by atoms with Gasteiger partial charge < -0.3 is 14.6 Å². The molecule has 1 N–H and O–H groups in total. The number of hydrogen-bond donors (Lipinski definition) is 1. The van der Waals surface area contributed by atoms with Gasteiger partial charge in [-0.15, -0.1) is 0 Å². The van der Waals surface area contributed by atoms with Gasteiger partial charge in [-0.05, 0) is 50.3 Å². The van der Waals surface area contributed by atoms with Crippen molar-refractivity contribution in [3.05, 3.63) is 29.8 Å². The fourth-order valence-electron chi connectivity index (χ4n) is 4.25. The molecule has 1 aromatic carbocycles. The summed E-state index contributed by atoms with van der Waals surface area (Å²) in [4.78, 5) is 2.26. The predicted octanol–water partition coefficient (Wildman–Crippen LogP) is 3.58. The minimum atomic E-state index is -0.476. The topological polar surface area (TPSA) is 41.9 Å². The highest BCUT2D eigenvalue weighted by atomic mass is 16.5. The highest BCUT2D eigenvalue weighted by Gasteiger charge is 2.24. The summed E-state index contributed by atoms with van der Waals surface area (Å²) in [5.74, 6) is 1.57. The molecule has 4 heteroatoms. The second kappa shape index (κ2) is 9.02. The Labute approximate surface area is 152 Å². The van der Waals surface area contributed by atoms with Gasteiger partial charge >= 0.3 is 0 Å². The molecule has 3 rings (SSSR count). The standard InChI is InChI=1S/C21H33NO3/c1-16-12-22(13-17(2)25-16)14-20(23)15-24-21-10-8-19(9-11-21)18-6-4-3-5-7-18/h8-11,16-18,20,23H,3-7,12-15H2,1-2H3/t16-,17-,20+/m1/s1. The average molecular weight is 347 g/mol. The second-order valence-electron chi connectivity index (χ2n) is 7.84. The van der Waals surface area contributed by atoms with Crippen LogP contribution in [-0.2, 0) is 4.74 Å². The SMILES string of the molecule is C[C@@H]1CN(C[C@H](O)COc2ccc(C3CCCCC3)cc2)C[C@@H](C)O1. The molecule has 0 aromatic heterocycles. The summed E-state index contributed by atoms with van der Waals surface area (Å²) in [6.45, 7) is 6.88. The van der Waals surface area contributed by atoms with Crippen molar-refractivity contribution < 1.29 is 14.6 Å². The first-order valence-corrected chi connectivity index (χ1v) is 9.89. The highest BCUT2D eigenvalue weighted by molar-refractivity contribution is 5.29. The summed E-state index contributed by atoms with van der Waals surface area (Å²) in [5.41, 5.74) is 1.43. The minimum Gasteiger partial charge on any atom is -0.491 e. The molecule has 0 radical (unpaired) electrons. The van der Waals surface area contributed by atoms with Crippen molar-refractivity contribution in [2.45, 2.75) is 70.2 Å². The lowest BCUT2D eigenvalue weighted by Gasteiger charge is -2.36. The molecule has 25 heavy (non-hydrogen) atoms. The number of morpholine rings is 1. The normalized spacial score (nSPS) is 27.2. The number of benzene rings is 1. The summed E-state index contributed by atoms with van der Waals surface area (Å²) in [7, 11) is 0. The molecule has 2 fully saturated rings. The van der Waals surface area contributed by atoms with E-state index >= 15 is 0 Å². The fourth-order valence-corrected chi connectivity index (χ4v) is 4.25. The number of rotatable bonds is 6. The van der Waals surface area contributed by atoms with Crippen molar-refractivity contribution in [3.63, 3.8) is 0 Å². The summed E-state index contributed by atoms with van der Waals surface area (Å²) < 4.78 is 11.5. The third-order valence-corrected chi connectivity index (χ3v) is 5.36. The summed E-state index contributed by atoms with van der Waals surface area (Å²) in [5, 5.41) is 10.3. The third kappa shape index (κ3) is 5.70. The van der Waals surface area contributed by atoms with Gasteiger partial charge in [-0.25, -0.2) is 0 Å². The molecule has 1 saturated carbocycles. The van der Waals surface area contributed by atoms with Crippen LogP contribution in [0.3, 0.4) is 0 Å². The largest absolute Gasteiger partial charge is 0.491 e. The zero-order valence-electron chi connectivity index (χ0n) is 15.7. The van der Waals surface area contributed by atoms with Crippen LogP contribution in [0, 0.1) is 0 Å². The molecule has 1 aromatic rings. The van der Waals surface area contributed by atoms with Crippen molar-refractivity contribution >= 4 is 0 Å². The molecule has 2 aliphatic rings. The fraction of sp³-hybridized carbons (Fsp3) is 0.714. The first kappa shape index (κ1) is 18.7. The number of β-amino-alcohol motifs (C(OH)–C–C–N with tert-alkyl or cyclic N) is 1. The Bertz CT molecular complexity index is 502. The minimum absolute atomic E-state index is 0.226. The molecule has 140 valence electrons. The second-order valence-corrected chi connectivity index (χ2v) is 7.84. The number of nitrogens with zero attached hydrogens (tertiary/aromatic N) is 1. The molecule has 1 saturated heterocycles. The van der Waals surface area contributed by atoms with E-state index in [9.17, 15) is 5.11 Å². The molecule has 3 atom stereocenters. The zero-order valence-corrected chi connectivity index (χ0v) is 15.7. The van der Waals surface area contributed by atoms with Crippen molar-refractivity contribution in [2.24, 2.45) is 0 Å². The molecule has 4 nitrogen and oxygen atoms in total. The van der Waals surface area contributed by atoms with E-state index in [1.165, 1.54) is 37.7 Å². The van der Waals surface area contributed by atoms with Gasteiger partial charge in [0.05, 0.1) is 12.2 Å². The molecule has 0 spiro atoms. The van der Waals surface area contributed by atoms with Gasteiger partial charge in [0, 0.05) is 19.6 Å². The molecule has 0 bridgehead atoms. The van der Waals surface area contributed by atoms with Gasteiger partial charge in [0.2, 0.25) is 0 Å². The molecular weight excluding hydrogens is 314 g/mol. The summed E-state index contributed by atoms with van der Waals surface area (Å²) >= 11 is 0. The van der Waals surface area contributed by atoms with Crippen LogP contribution in [0.5, 0.6) is 5.75 Å². The Balaban J connectivity index is 1.43. The van der Waals surface area contributed by atoms with Crippen molar-refractivity contribution in [1.29, 1.82) is 0 Å². The molecule has 0 amide bonds. The summed E-state index contributed by atoms with van der Waals surface area (Å²) in [6, 6.07) is 8.50. The van der Waals surface area contributed by atoms with E-state index in [1.807, 2.05) is 0 Å². The molecule has 1 aliphatic carbocycles. The maximum Gasteiger partial charge on any atom is 0.119 e. The van der Waals surface area contributed by atoms with Gasteiger partial charge in [0.25, 0.3) is 0 Å². The third-order valence-electron chi connectivity index (χ3n) is 5.36. The van der Waals surface area contributed by atoms with Crippen LogP contribution >= 0.6 is 0 Å². The van der Waals surface area contributed by atoms with Crippen molar-refractivity contribution in [1.82, 2.24) is 4.90 Å². The van der Waals surface area contributed by atoms with Gasteiger partial charge in [-0.3, -0.25) is 4.90 Å². The number of aliphatic hydroxyl groups excluding tert-OH is 1. The maximum absolute atomic E-state index is 10.3. The number of ether oxygens (including phenoxy) is 2. The highest BCUT2D eigenvalue weighted by Crippen LogP contribution is 2.33. The van der Waals surface area contributed by atoms with Crippen LogP contribution in [0.2, 0.25) is 0 Å². The Morgan fingerprint density at radius 1 is 1.08 bits per heavy atom. The van der Waals surface area contributed by atoms with E-state index in [0.717, 1.165) is 24.8 Å². The smallest absolute Gasteiger partial charge is 0.119 e. The van der Waals surface area contributed by atoms with Crippen LogP contribution < -0.4 is 4.74 Å². The zero-order chi connectivity index (χ0) is 17.6. The van der Waals surface area contributed by atoms with Crippen LogP contribution in [0.1, 0.15) is 57.4 Å². The van der Waals surface area contributed by atoms with E-state index in [1.54, 1.807) is 0 Å². The van der Waals surface area contributed by atoms with Gasteiger partial charge in [0.15, 0.2) is 0 Å². The maximum atomic E-state index is 10.3. The van der Waals surface area contributed by atoms with E-state index in [2.05, 4.69) is 43.0 Å². The first-order chi connectivity index (χ1) is 12.1. The van der Waals surface area contributed by atoms with Crippen molar-refractivity contribution in [3.8, 4) is 5.75 Å². The summed E-state index contributed by atoms with van der Waals surface area (Å²) in [6.07, 6.45) is 6.70. The molecule has 1 heterocycles. The van der Waals surface area contributed by atoms with Gasteiger partial charge in [-0.2, -0.15) is 0 Å². The molecule has 0 unspecified atom stereocenters. The predicted molar refractivity (Wildman–Crippen MR) is 100 cm³/mol. The quantitative estimate of drug-likeness (QED) is 0.854. The van der Waals surface area contributed by atoms with E-state index in [-0.39, 0.29) is 12.2 Å². The lowest BCUT2D eigenvalue weighted by atomic mass is 9.84. The van der Waals surface area contributed by atoms with Crippen molar-refractivity contribution in [2.75, 3.05) is 26.2 Å². The lowest BCUT2D eigenvalue weighted by Crippen LogP contribution is -2.48. The van der Waals surface area contributed by atoms with E-state index in [4.69, 9.17) is 9.47 Å². The molecule has 1 aliphatic heterocycles. The number of hydrogen-bond acceptors (Lipinski definition) is 4. The van der Waals surface area contributed by atoms with Crippen LogP contribution in [0.25, 0.3) is 0 Å². The Morgan fingerprint density at radius 2 is 1.72 bits per heavy atom. The van der Waals surface area contributed by atoms with Crippen LogP contribution in [0.15, 0.2) is 24.3 Å². The lowest BCUT2D eigenvalue weighted by molar-refractivity contribution is -0.0786. The Hall–Kier alpha value is -1.10. The van der Waals surface area contributed by atoms with E-state index in [0.29, 0.717) is 13.2 Å². The Morgan fingerprint density at radius 3 is 2.36 bits per heavy atom. The monoisotopic (exact) mass is 347 g/mol.